The van der Waals surface area contributed by atoms with Crippen LogP contribution in [0.5, 0.6) is 0 Å². The van der Waals surface area contributed by atoms with Crippen LogP contribution < -0.4 is 5.32 Å². The molecule has 3 aromatic rings. The summed E-state index contributed by atoms with van der Waals surface area (Å²) in [6.45, 7) is 1.92. The molecule has 1 amide bonds. The minimum Gasteiger partial charge on any atom is -0.298 e. The van der Waals surface area contributed by atoms with Gasteiger partial charge in [0.05, 0.1) is 16.5 Å². The summed E-state index contributed by atoms with van der Waals surface area (Å²) in [6, 6.07) is 5.38. The third-order valence-corrected chi connectivity index (χ3v) is 3.49. The number of nitrogens with one attached hydrogen (secondary N) is 1. The lowest BCUT2D eigenvalue weighted by Gasteiger charge is -1.99. The van der Waals surface area contributed by atoms with Crippen molar-refractivity contribution in [1.29, 1.82) is 0 Å². The largest absolute Gasteiger partial charge is 0.298 e. The van der Waals surface area contributed by atoms with Crippen molar-refractivity contribution < 1.29 is 4.79 Å². The number of aryl methyl sites for hydroxylation is 1. The van der Waals surface area contributed by atoms with E-state index in [1.807, 2.05) is 13.0 Å². The van der Waals surface area contributed by atoms with Crippen LogP contribution in [0.4, 0.5) is 5.13 Å². The van der Waals surface area contributed by atoms with Crippen LogP contribution in [0.25, 0.3) is 10.2 Å². The zero-order valence-corrected chi connectivity index (χ0v) is 10.9. The topological polar surface area (TPSA) is 67.8 Å². The highest BCUT2D eigenvalue weighted by Crippen LogP contribution is 2.25. The van der Waals surface area contributed by atoms with Crippen LogP contribution in [0.3, 0.4) is 0 Å². The molecule has 94 valence electrons. The van der Waals surface area contributed by atoms with Crippen molar-refractivity contribution in [2.24, 2.45) is 0 Å². The smallest absolute Gasteiger partial charge is 0.259 e. The Hall–Kier alpha value is -2.34. The van der Waals surface area contributed by atoms with Crippen molar-refractivity contribution in [3.05, 3.63) is 48.0 Å². The standard InChI is InChI=1S/C13H10N4OS/c1-8-5-11-10(7-15-8)16-13(19-11)17-12(18)9-3-2-4-14-6-9/h2-7H,1H3,(H,16,17,18). The van der Waals surface area contributed by atoms with E-state index in [-0.39, 0.29) is 5.91 Å². The third kappa shape index (κ3) is 2.43. The number of fused-ring (bicyclic) bond motifs is 1. The molecule has 3 heterocycles. The van der Waals surface area contributed by atoms with E-state index in [0.717, 1.165) is 15.9 Å². The maximum Gasteiger partial charge on any atom is 0.259 e. The van der Waals surface area contributed by atoms with Gasteiger partial charge in [-0.25, -0.2) is 4.98 Å². The van der Waals surface area contributed by atoms with E-state index in [2.05, 4.69) is 20.3 Å². The molecule has 0 spiro atoms. The average Bonchev–Trinajstić information content (AvgIpc) is 2.81. The Morgan fingerprint density at radius 1 is 1.37 bits per heavy atom. The first kappa shape index (κ1) is 11.7. The number of hydrogen-bond acceptors (Lipinski definition) is 5. The van der Waals surface area contributed by atoms with Gasteiger partial charge in [0.1, 0.15) is 5.52 Å². The average molecular weight is 270 g/mol. The highest BCUT2D eigenvalue weighted by molar-refractivity contribution is 7.22. The molecule has 6 heteroatoms. The number of pyridine rings is 2. The number of rotatable bonds is 2. The maximum absolute atomic E-state index is 12.0. The van der Waals surface area contributed by atoms with Crippen LogP contribution in [0.1, 0.15) is 16.1 Å². The lowest BCUT2D eigenvalue weighted by molar-refractivity contribution is 0.102. The molecule has 0 fully saturated rings. The number of carbonyl (C=O) groups excluding carboxylic acids is 1. The Bertz CT molecular complexity index is 739. The van der Waals surface area contributed by atoms with Gasteiger partial charge in [0.2, 0.25) is 0 Å². The summed E-state index contributed by atoms with van der Waals surface area (Å²) in [6.07, 6.45) is 4.86. The third-order valence-electron chi connectivity index (χ3n) is 2.56. The molecule has 0 unspecified atom stereocenters. The normalized spacial score (nSPS) is 10.6. The second-order valence-electron chi connectivity index (χ2n) is 4.01. The van der Waals surface area contributed by atoms with Gasteiger partial charge in [0.15, 0.2) is 5.13 Å². The fourth-order valence-electron chi connectivity index (χ4n) is 1.65. The molecule has 3 rings (SSSR count). The summed E-state index contributed by atoms with van der Waals surface area (Å²) in [4.78, 5) is 24.4. The summed E-state index contributed by atoms with van der Waals surface area (Å²) < 4.78 is 1.01. The summed E-state index contributed by atoms with van der Waals surface area (Å²) in [5, 5.41) is 3.33. The van der Waals surface area contributed by atoms with Crippen molar-refractivity contribution in [2.75, 3.05) is 5.32 Å². The highest BCUT2D eigenvalue weighted by Gasteiger charge is 2.10. The fraction of sp³-hybridized carbons (Fsp3) is 0.0769. The first-order chi connectivity index (χ1) is 9.22. The Morgan fingerprint density at radius 3 is 3.05 bits per heavy atom. The molecule has 0 radical (unpaired) electrons. The minimum atomic E-state index is -0.211. The van der Waals surface area contributed by atoms with E-state index < -0.39 is 0 Å². The number of amides is 1. The van der Waals surface area contributed by atoms with Gasteiger partial charge in [-0.15, -0.1) is 0 Å². The number of thiazole rings is 1. The predicted octanol–water partition coefficient (Wildman–Crippen LogP) is 2.65. The lowest BCUT2D eigenvalue weighted by Crippen LogP contribution is -2.11. The van der Waals surface area contributed by atoms with Gasteiger partial charge in [-0.2, -0.15) is 0 Å². The Kier molecular flexibility index (Phi) is 2.92. The fourth-order valence-corrected chi connectivity index (χ4v) is 2.58. The Morgan fingerprint density at radius 2 is 2.26 bits per heavy atom. The monoisotopic (exact) mass is 270 g/mol. The highest BCUT2D eigenvalue weighted by atomic mass is 32.1. The molecule has 1 N–H and O–H groups in total. The molecule has 0 aliphatic rings. The quantitative estimate of drug-likeness (QED) is 0.777. The maximum atomic E-state index is 12.0. The van der Waals surface area contributed by atoms with Crippen LogP contribution in [0.2, 0.25) is 0 Å². The first-order valence-corrected chi connectivity index (χ1v) is 6.48. The van der Waals surface area contributed by atoms with Crippen LogP contribution in [0, 0.1) is 6.92 Å². The predicted molar refractivity (Wildman–Crippen MR) is 74.3 cm³/mol. The van der Waals surface area contributed by atoms with E-state index in [1.54, 1.807) is 24.5 Å². The van der Waals surface area contributed by atoms with E-state index in [9.17, 15) is 4.79 Å². The van der Waals surface area contributed by atoms with Crippen molar-refractivity contribution in [1.82, 2.24) is 15.0 Å². The Labute approximate surface area is 113 Å². The Balaban J connectivity index is 1.87. The van der Waals surface area contributed by atoms with Gasteiger partial charge in [-0.05, 0) is 25.1 Å². The zero-order valence-electron chi connectivity index (χ0n) is 10.1. The molecule has 5 nitrogen and oxygen atoms in total. The van der Waals surface area contributed by atoms with Gasteiger partial charge in [0.25, 0.3) is 5.91 Å². The molecule has 0 bridgehead atoms. The molecular formula is C13H10N4OS. The van der Waals surface area contributed by atoms with Crippen molar-refractivity contribution in [2.45, 2.75) is 6.92 Å². The second-order valence-corrected chi connectivity index (χ2v) is 5.04. The summed E-state index contributed by atoms with van der Waals surface area (Å²) in [7, 11) is 0. The van der Waals surface area contributed by atoms with E-state index in [4.69, 9.17) is 0 Å². The molecule has 0 saturated heterocycles. The van der Waals surface area contributed by atoms with Crippen molar-refractivity contribution in [3.8, 4) is 0 Å². The van der Waals surface area contributed by atoms with Gasteiger partial charge in [0, 0.05) is 18.1 Å². The number of aromatic nitrogens is 3. The zero-order chi connectivity index (χ0) is 13.2. The van der Waals surface area contributed by atoms with Crippen molar-refractivity contribution in [3.63, 3.8) is 0 Å². The number of hydrogen-bond donors (Lipinski definition) is 1. The molecular weight excluding hydrogens is 260 g/mol. The van der Waals surface area contributed by atoms with Crippen molar-refractivity contribution >= 4 is 32.6 Å². The molecule has 3 aromatic heterocycles. The van der Waals surface area contributed by atoms with Crippen LogP contribution in [0.15, 0.2) is 36.8 Å². The van der Waals surface area contributed by atoms with Gasteiger partial charge in [-0.3, -0.25) is 20.1 Å². The SMILES string of the molecule is Cc1cc2sc(NC(=O)c3cccnc3)nc2cn1. The van der Waals surface area contributed by atoms with Crippen LogP contribution in [-0.4, -0.2) is 20.9 Å². The summed E-state index contributed by atoms with van der Waals surface area (Å²) in [5.74, 6) is -0.211. The van der Waals surface area contributed by atoms with Crippen LogP contribution >= 0.6 is 11.3 Å². The molecule has 0 aromatic carbocycles. The first-order valence-electron chi connectivity index (χ1n) is 5.67. The van der Waals surface area contributed by atoms with Gasteiger partial charge < -0.3 is 0 Å². The van der Waals surface area contributed by atoms with E-state index in [0.29, 0.717) is 10.7 Å². The lowest BCUT2D eigenvalue weighted by atomic mass is 10.3. The molecule has 19 heavy (non-hydrogen) atoms. The number of nitrogens with zero attached hydrogens (tertiary/aromatic N) is 3. The number of anilines is 1. The van der Waals surface area contributed by atoms with E-state index >= 15 is 0 Å². The molecule has 0 saturated carbocycles. The summed E-state index contributed by atoms with van der Waals surface area (Å²) in [5.41, 5.74) is 2.23. The number of carbonyl (C=O) groups is 1. The molecule has 0 atom stereocenters. The summed E-state index contributed by atoms with van der Waals surface area (Å²) >= 11 is 1.43. The molecule has 0 aliphatic heterocycles. The molecule has 0 aliphatic carbocycles. The van der Waals surface area contributed by atoms with Crippen LogP contribution in [-0.2, 0) is 0 Å². The van der Waals surface area contributed by atoms with Gasteiger partial charge >= 0.3 is 0 Å². The second kappa shape index (κ2) is 4.74. The van der Waals surface area contributed by atoms with E-state index in [1.165, 1.54) is 17.5 Å². The van der Waals surface area contributed by atoms with Gasteiger partial charge in [-0.1, -0.05) is 11.3 Å². The minimum absolute atomic E-state index is 0.211.